The van der Waals surface area contributed by atoms with Gasteiger partial charge in [-0.2, -0.15) is 0 Å². The van der Waals surface area contributed by atoms with E-state index in [0.717, 1.165) is 6.07 Å². The first-order valence-corrected chi connectivity index (χ1v) is 6.31. The number of esters is 1. The molecule has 1 saturated heterocycles. The van der Waals surface area contributed by atoms with Crippen LogP contribution < -0.4 is 5.32 Å². The van der Waals surface area contributed by atoms with Gasteiger partial charge in [-0.25, -0.2) is 8.78 Å². The van der Waals surface area contributed by atoms with Gasteiger partial charge in [-0.1, -0.05) is 6.92 Å². The third kappa shape index (κ3) is 2.61. The predicted molar refractivity (Wildman–Crippen MR) is 66.7 cm³/mol. The summed E-state index contributed by atoms with van der Waals surface area (Å²) >= 11 is 0. The summed E-state index contributed by atoms with van der Waals surface area (Å²) < 4.78 is 31.7. The van der Waals surface area contributed by atoms with Crippen LogP contribution in [0.4, 0.5) is 8.78 Å². The Morgan fingerprint density at radius 3 is 2.63 bits per heavy atom. The Morgan fingerprint density at radius 2 is 2.05 bits per heavy atom. The fourth-order valence-corrected chi connectivity index (χ4v) is 2.60. The summed E-state index contributed by atoms with van der Waals surface area (Å²) in [5.41, 5.74) is -0.178. The van der Waals surface area contributed by atoms with Gasteiger partial charge < -0.3 is 10.1 Å². The highest BCUT2D eigenvalue weighted by molar-refractivity contribution is 5.75. The standard InChI is InChI=1S/C14H17F2NO2/c1-3-19-13(18)12-7-17-8-14(12,2)9-4-10(15)6-11(16)5-9/h4-6,12,17H,3,7-8H2,1-2H3. The SMILES string of the molecule is CCOC(=O)C1CNCC1(C)c1cc(F)cc(F)c1. The molecule has 1 heterocycles. The highest BCUT2D eigenvalue weighted by Crippen LogP contribution is 2.36. The molecule has 19 heavy (non-hydrogen) atoms. The van der Waals surface area contributed by atoms with E-state index in [1.807, 2.05) is 6.92 Å². The molecule has 0 saturated carbocycles. The molecule has 1 aromatic carbocycles. The largest absolute Gasteiger partial charge is 0.466 e. The summed E-state index contributed by atoms with van der Waals surface area (Å²) in [5.74, 6) is -2.04. The molecule has 0 aromatic heterocycles. The van der Waals surface area contributed by atoms with E-state index in [1.54, 1.807) is 6.92 Å². The molecule has 1 N–H and O–H groups in total. The van der Waals surface area contributed by atoms with Crippen LogP contribution in [0.2, 0.25) is 0 Å². The molecule has 1 fully saturated rings. The number of nitrogens with one attached hydrogen (secondary N) is 1. The second kappa shape index (κ2) is 5.25. The summed E-state index contributed by atoms with van der Waals surface area (Å²) in [6.07, 6.45) is 0. The van der Waals surface area contributed by atoms with Crippen molar-refractivity contribution >= 4 is 5.97 Å². The highest BCUT2D eigenvalue weighted by Gasteiger charge is 2.45. The second-order valence-corrected chi connectivity index (χ2v) is 5.01. The lowest BCUT2D eigenvalue weighted by Crippen LogP contribution is -2.37. The molecule has 0 aliphatic carbocycles. The summed E-state index contributed by atoms with van der Waals surface area (Å²) in [6.45, 7) is 4.79. The Labute approximate surface area is 111 Å². The molecule has 0 spiro atoms. The zero-order valence-corrected chi connectivity index (χ0v) is 11.0. The van der Waals surface area contributed by atoms with Crippen LogP contribution in [0.1, 0.15) is 19.4 Å². The molecule has 1 aromatic rings. The number of ether oxygens (including phenoxy) is 1. The van der Waals surface area contributed by atoms with E-state index >= 15 is 0 Å². The molecule has 5 heteroatoms. The molecule has 2 rings (SSSR count). The number of carbonyl (C=O) groups is 1. The van der Waals surface area contributed by atoms with Crippen molar-refractivity contribution < 1.29 is 18.3 Å². The molecule has 0 radical (unpaired) electrons. The fraction of sp³-hybridized carbons (Fsp3) is 0.500. The highest BCUT2D eigenvalue weighted by atomic mass is 19.1. The quantitative estimate of drug-likeness (QED) is 0.853. The lowest BCUT2D eigenvalue weighted by atomic mass is 9.74. The van der Waals surface area contributed by atoms with Crippen molar-refractivity contribution in [1.82, 2.24) is 5.32 Å². The van der Waals surface area contributed by atoms with E-state index in [0.29, 0.717) is 25.3 Å². The van der Waals surface area contributed by atoms with Crippen molar-refractivity contribution in [2.45, 2.75) is 19.3 Å². The number of halogens is 2. The van der Waals surface area contributed by atoms with Gasteiger partial charge in [0.25, 0.3) is 0 Å². The van der Waals surface area contributed by atoms with Crippen molar-refractivity contribution in [3.8, 4) is 0 Å². The zero-order chi connectivity index (χ0) is 14.0. The lowest BCUT2D eigenvalue weighted by Gasteiger charge is -2.29. The van der Waals surface area contributed by atoms with Crippen LogP contribution in [0, 0.1) is 17.6 Å². The van der Waals surface area contributed by atoms with Crippen LogP contribution in [0.5, 0.6) is 0 Å². The Kier molecular flexibility index (Phi) is 3.85. The topological polar surface area (TPSA) is 38.3 Å². The molecule has 2 atom stereocenters. The van der Waals surface area contributed by atoms with Gasteiger partial charge in [0.15, 0.2) is 0 Å². The summed E-state index contributed by atoms with van der Waals surface area (Å²) in [7, 11) is 0. The van der Waals surface area contributed by atoms with Gasteiger partial charge in [0.2, 0.25) is 0 Å². The number of benzene rings is 1. The summed E-state index contributed by atoms with van der Waals surface area (Å²) in [5, 5.41) is 3.09. The van der Waals surface area contributed by atoms with Gasteiger partial charge in [0, 0.05) is 24.6 Å². The first-order valence-electron chi connectivity index (χ1n) is 6.31. The van der Waals surface area contributed by atoms with Gasteiger partial charge in [-0.05, 0) is 24.6 Å². The second-order valence-electron chi connectivity index (χ2n) is 5.01. The van der Waals surface area contributed by atoms with Crippen LogP contribution >= 0.6 is 0 Å². The average molecular weight is 269 g/mol. The Hall–Kier alpha value is -1.49. The van der Waals surface area contributed by atoms with Gasteiger partial charge in [-0.15, -0.1) is 0 Å². The fourth-order valence-electron chi connectivity index (χ4n) is 2.60. The Morgan fingerprint density at radius 1 is 1.42 bits per heavy atom. The van der Waals surface area contributed by atoms with E-state index in [9.17, 15) is 13.6 Å². The molecule has 1 aliphatic heterocycles. The molecule has 104 valence electrons. The summed E-state index contributed by atoms with van der Waals surface area (Å²) in [6, 6.07) is 3.39. The molecule has 3 nitrogen and oxygen atoms in total. The minimum absolute atomic E-state index is 0.295. The van der Waals surface area contributed by atoms with Crippen LogP contribution in [0.15, 0.2) is 18.2 Å². The third-order valence-electron chi connectivity index (χ3n) is 3.70. The predicted octanol–water partition coefficient (Wildman–Crippen LogP) is 2.00. The van der Waals surface area contributed by atoms with E-state index in [-0.39, 0.29) is 5.97 Å². The summed E-state index contributed by atoms with van der Waals surface area (Å²) in [4.78, 5) is 12.0. The number of carbonyl (C=O) groups excluding carboxylic acids is 1. The van der Waals surface area contributed by atoms with Crippen LogP contribution in [0.25, 0.3) is 0 Å². The van der Waals surface area contributed by atoms with Gasteiger partial charge in [0.1, 0.15) is 11.6 Å². The number of hydrogen-bond donors (Lipinski definition) is 1. The molecule has 2 unspecified atom stereocenters. The minimum atomic E-state index is -0.658. The molecular weight excluding hydrogens is 252 g/mol. The first-order chi connectivity index (χ1) is 8.97. The smallest absolute Gasteiger partial charge is 0.311 e. The molecular formula is C14H17F2NO2. The van der Waals surface area contributed by atoms with E-state index in [2.05, 4.69) is 5.32 Å². The molecule has 0 amide bonds. The van der Waals surface area contributed by atoms with E-state index < -0.39 is 23.0 Å². The van der Waals surface area contributed by atoms with Crippen molar-refractivity contribution in [3.05, 3.63) is 35.4 Å². The van der Waals surface area contributed by atoms with Crippen molar-refractivity contribution in [2.75, 3.05) is 19.7 Å². The van der Waals surface area contributed by atoms with Crippen LogP contribution in [0.3, 0.4) is 0 Å². The van der Waals surface area contributed by atoms with Gasteiger partial charge >= 0.3 is 5.97 Å². The molecule has 1 aliphatic rings. The van der Waals surface area contributed by atoms with Crippen LogP contribution in [-0.2, 0) is 14.9 Å². The number of rotatable bonds is 3. The zero-order valence-electron chi connectivity index (χ0n) is 11.0. The first kappa shape index (κ1) is 13.9. The van der Waals surface area contributed by atoms with Gasteiger partial charge in [-0.3, -0.25) is 4.79 Å². The maximum Gasteiger partial charge on any atom is 0.311 e. The maximum absolute atomic E-state index is 13.4. The maximum atomic E-state index is 13.4. The third-order valence-corrected chi connectivity index (χ3v) is 3.70. The Balaban J connectivity index is 2.36. The lowest BCUT2D eigenvalue weighted by molar-refractivity contribution is -0.149. The van der Waals surface area contributed by atoms with Gasteiger partial charge in [0.05, 0.1) is 12.5 Å². The van der Waals surface area contributed by atoms with Crippen molar-refractivity contribution in [3.63, 3.8) is 0 Å². The monoisotopic (exact) mass is 269 g/mol. The average Bonchev–Trinajstić information content (AvgIpc) is 2.72. The van der Waals surface area contributed by atoms with E-state index in [1.165, 1.54) is 12.1 Å². The minimum Gasteiger partial charge on any atom is -0.466 e. The number of hydrogen-bond acceptors (Lipinski definition) is 3. The van der Waals surface area contributed by atoms with E-state index in [4.69, 9.17) is 4.74 Å². The Bertz CT molecular complexity index is 472. The normalized spacial score (nSPS) is 26.4. The van der Waals surface area contributed by atoms with Crippen molar-refractivity contribution in [1.29, 1.82) is 0 Å². The molecule has 0 bridgehead atoms. The van der Waals surface area contributed by atoms with Crippen molar-refractivity contribution in [2.24, 2.45) is 5.92 Å². The van der Waals surface area contributed by atoms with Crippen LogP contribution in [-0.4, -0.2) is 25.7 Å².